The number of carbonyl (C=O) groups is 2. The number of nitrogens with zero attached hydrogens (tertiary/aromatic N) is 1. The molecule has 0 radical (unpaired) electrons. The van der Waals surface area contributed by atoms with Gasteiger partial charge in [0.2, 0.25) is 0 Å². The van der Waals surface area contributed by atoms with Gasteiger partial charge in [-0.05, 0) is 91.1 Å². The van der Waals surface area contributed by atoms with Gasteiger partial charge in [-0.15, -0.1) is 0 Å². The van der Waals surface area contributed by atoms with Gasteiger partial charge >= 0.3 is 19.8 Å². The summed E-state index contributed by atoms with van der Waals surface area (Å²) >= 11 is 0. The zero-order valence-electron chi connectivity index (χ0n) is 35.6. The number of carbonyl (C=O) groups excluding carboxylic acids is 2. The summed E-state index contributed by atoms with van der Waals surface area (Å²) < 4.78 is 33.5. The van der Waals surface area contributed by atoms with E-state index in [1.165, 1.54) is 70.6 Å². The highest BCUT2D eigenvalue weighted by Gasteiger charge is 2.26. The molecule has 0 fully saturated rings. The normalized spacial score (nSPS) is 13.9. The zero-order valence-corrected chi connectivity index (χ0v) is 36.5. The van der Waals surface area contributed by atoms with Crippen molar-refractivity contribution in [2.75, 3.05) is 40.5 Å². The maximum atomic E-state index is 12.7. The number of phosphoric acid groups is 1. The van der Waals surface area contributed by atoms with E-state index in [0.29, 0.717) is 13.0 Å². The summed E-state index contributed by atoms with van der Waals surface area (Å²) in [4.78, 5) is 37.0. The molecule has 0 heterocycles. The van der Waals surface area contributed by atoms with Gasteiger partial charge in [0, 0.05) is 19.4 Å². The van der Waals surface area contributed by atoms with Crippen LogP contribution in [0.3, 0.4) is 0 Å². The third kappa shape index (κ3) is 41.4. The molecule has 0 saturated carbocycles. The summed E-state index contributed by atoms with van der Waals surface area (Å²) in [5, 5.41) is 0. The van der Waals surface area contributed by atoms with Crippen molar-refractivity contribution in [1.82, 2.24) is 4.90 Å². The molecule has 320 valence electrons. The first kappa shape index (κ1) is 53.0. The smallest absolute Gasteiger partial charge is 0.462 e. The van der Waals surface area contributed by atoms with E-state index in [4.69, 9.17) is 18.5 Å². The highest BCUT2D eigenvalue weighted by Crippen LogP contribution is 2.43. The molecule has 9 nitrogen and oxygen atoms in total. The highest BCUT2D eigenvalue weighted by atomic mass is 31.2. The second-order valence-corrected chi connectivity index (χ2v) is 16.3. The number of unbranched alkanes of at least 4 members (excludes halogenated alkanes) is 18. The SMILES string of the molecule is CCCCC/C=C\C/C=C\CCCCCCCCCC(=O)OC(COC(=O)CCCCCCC/C=C\C/C=C\CCCCC)COP(=O)(O)OCCN(C)C. The van der Waals surface area contributed by atoms with Crippen LogP contribution in [-0.2, 0) is 32.7 Å². The van der Waals surface area contributed by atoms with Gasteiger partial charge in [0.15, 0.2) is 6.10 Å². The van der Waals surface area contributed by atoms with E-state index < -0.39 is 26.5 Å². The summed E-state index contributed by atoms with van der Waals surface area (Å²) in [5.41, 5.74) is 0. The van der Waals surface area contributed by atoms with Crippen molar-refractivity contribution in [3.05, 3.63) is 48.6 Å². The molecule has 0 aromatic heterocycles. The minimum Gasteiger partial charge on any atom is -0.462 e. The third-order valence-corrected chi connectivity index (χ3v) is 10.1. The lowest BCUT2D eigenvalue weighted by Gasteiger charge is -2.20. The molecule has 55 heavy (non-hydrogen) atoms. The lowest BCUT2D eigenvalue weighted by Crippen LogP contribution is -2.29. The lowest BCUT2D eigenvalue weighted by atomic mass is 10.1. The highest BCUT2D eigenvalue weighted by molar-refractivity contribution is 7.47. The molecular weight excluding hydrogens is 713 g/mol. The Morgan fingerprint density at radius 3 is 1.44 bits per heavy atom. The number of phosphoric ester groups is 1. The van der Waals surface area contributed by atoms with E-state index in [1.807, 2.05) is 19.0 Å². The van der Waals surface area contributed by atoms with E-state index in [-0.39, 0.29) is 32.0 Å². The first-order chi connectivity index (χ1) is 26.7. The fourth-order valence-corrected chi connectivity index (χ4v) is 6.43. The molecule has 2 unspecified atom stereocenters. The molecule has 0 bridgehead atoms. The summed E-state index contributed by atoms with van der Waals surface area (Å²) in [6, 6.07) is 0. The van der Waals surface area contributed by atoms with Crippen LogP contribution in [0.25, 0.3) is 0 Å². The van der Waals surface area contributed by atoms with Crippen molar-refractivity contribution >= 4 is 19.8 Å². The van der Waals surface area contributed by atoms with Crippen molar-refractivity contribution in [3.63, 3.8) is 0 Å². The van der Waals surface area contributed by atoms with Gasteiger partial charge in [-0.3, -0.25) is 18.6 Å². The van der Waals surface area contributed by atoms with E-state index in [1.54, 1.807) is 0 Å². The van der Waals surface area contributed by atoms with Gasteiger partial charge in [0.1, 0.15) is 6.61 Å². The number of rotatable bonds is 40. The van der Waals surface area contributed by atoms with Gasteiger partial charge in [0.05, 0.1) is 13.2 Å². The van der Waals surface area contributed by atoms with Gasteiger partial charge in [-0.25, -0.2) is 4.57 Å². The molecule has 0 aliphatic heterocycles. The Hall–Kier alpha value is -2.03. The fraction of sp³-hybridized carbons (Fsp3) is 0.778. The molecule has 10 heteroatoms. The number of esters is 2. The molecule has 0 amide bonds. The quantitative estimate of drug-likeness (QED) is 0.0280. The van der Waals surface area contributed by atoms with E-state index in [9.17, 15) is 19.0 Å². The Morgan fingerprint density at radius 2 is 0.982 bits per heavy atom. The summed E-state index contributed by atoms with van der Waals surface area (Å²) in [6.07, 6.45) is 44.3. The first-order valence-electron chi connectivity index (χ1n) is 21.9. The van der Waals surface area contributed by atoms with Crippen LogP contribution in [0.2, 0.25) is 0 Å². The van der Waals surface area contributed by atoms with Crippen molar-refractivity contribution in [2.45, 2.75) is 187 Å². The molecule has 0 aliphatic rings. The number of allylic oxidation sites excluding steroid dienone is 8. The lowest BCUT2D eigenvalue weighted by molar-refractivity contribution is -0.161. The van der Waals surface area contributed by atoms with E-state index >= 15 is 0 Å². The van der Waals surface area contributed by atoms with Gasteiger partial charge in [0.25, 0.3) is 0 Å². The topological polar surface area (TPSA) is 112 Å². The molecule has 1 N–H and O–H groups in total. The van der Waals surface area contributed by atoms with Gasteiger partial charge in [-0.2, -0.15) is 0 Å². The minimum absolute atomic E-state index is 0.00193. The van der Waals surface area contributed by atoms with Crippen molar-refractivity contribution < 1.29 is 37.6 Å². The van der Waals surface area contributed by atoms with Crippen LogP contribution >= 0.6 is 7.82 Å². The molecule has 0 aromatic rings. The Labute approximate surface area is 337 Å². The molecule has 0 aromatic carbocycles. The maximum Gasteiger partial charge on any atom is 0.472 e. The maximum absolute atomic E-state index is 12.7. The number of ether oxygens (including phenoxy) is 2. The van der Waals surface area contributed by atoms with Gasteiger partial charge < -0.3 is 19.3 Å². The predicted octanol–water partition coefficient (Wildman–Crippen LogP) is 12.5. The van der Waals surface area contributed by atoms with Crippen LogP contribution in [0.4, 0.5) is 0 Å². The minimum atomic E-state index is -4.37. The van der Waals surface area contributed by atoms with Crippen molar-refractivity contribution in [1.29, 1.82) is 0 Å². The van der Waals surface area contributed by atoms with E-state index in [0.717, 1.165) is 77.0 Å². The molecule has 0 saturated heterocycles. The van der Waals surface area contributed by atoms with Crippen molar-refractivity contribution in [3.8, 4) is 0 Å². The second-order valence-electron chi connectivity index (χ2n) is 14.9. The predicted molar refractivity (Wildman–Crippen MR) is 229 cm³/mol. The van der Waals surface area contributed by atoms with Crippen LogP contribution < -0.4 is 0 Å². The molecule has 0 rings (SSSR count). The second kappa shape index (κ2) is 40.2. The van der Waals surface area contributed by atoms with Crippen LogP contribution in [0, 0.1) is 0 Å². The Balaban J connectivity index is 4.33. The van der Waals surface area contributed by atoms with Crippen LogP contribution in [0.15, 0.2) is 48.6 Å². The van der Waals surface area contributed by atoms with Crippen LogP contribution in [0.5, 0.6) is 0 Å². The molecule has 0 spiro atoms. The standard InChI is InChI=1S/C45H82NO8P/c1-5-7-9-11-13-15-17-19-21-22-24-26-28-30-32-34-36-38-45(48)54-43(42-53-55(49,50)52-40-39-46(3)4)41-51-44(47)37-35-33-31-29-27-25-23-20-18-16-14-12-10-8-6-2/h13-16,19-21,23,43H,5-12,17-18,22,24-42H2,1-4H3,(H,49,50)/b15-13-,16-14-,21-19-,23-20-. The number of hydrogen-bond acceptors (Lipinski definition) is 8. The number of hydrogen-bond donors (Lipinski definition) is 1. The fourth-order valence-electron chi connectivity index (χ4n) is 5.69. The zero-order chi connectivity index (χ0) is 40.5. The average molecular weight is 796 g/mol. The average Bonchev–Trinajstić information content (AvgIpc) is 3.15. The van der Waals surface area contributed by atoms with E-state index in [2.05, 4.69) is 62.5 Å². The van der Waals surface area contributed by atoms with Gasteiger partial charge in [-0.1, -0.05) is 140 Å². The van der Waals surface area contributed by atoms with Crippen LogP contribution in [-0.4, -0.2) is 68.3 Å². The summed E-state index contributed by atoms with van der Waals surface area (Å²) in [6.45, 7) is 4.24. The summed E-state index contributed by atoms with van der Waals surface area (Å²) in [7, 11) is -0.725. The third-order valence-electron chi connectivity index (χ3n) is 9.11. The Morgan fingerprint density at radius 1 is 0.564 bits per heavy atom. The molecular formula is C45H82NO8P. The largest absolute Gasteiger partial charge is 0.472 e. The monoisotopic (exact) mass is 796 g/mol. The molecule has 0 aliphatic carbocycles. The first-order valence-corrected chi connectivity index (χ1v) is 23.4. The molecule has 2 atom stereocenters. The Bertz CT molecular complexity index is 1060. The number of likely N-dealkylation sites (N-methyl/N-ethyl adjacent to an activating group) is 1. The summed E-state index contributed by atoms with van der Waals surface area (Å²) in [5.74, 6) is -0.829. The Kier molecular flexibility index (Phi) is 38.7. The van der Waals surface area contributed by atoms with Crippen LogP contribution in [0.1, 0.15) is 181 Å². The van der Waals surface area contributed by atoms with Crippen molar-refractivity contribution in [2.24, 2.45) is 0 Å².